The molecule has 0 unspecified atom stereocenters. The van der Waals surface area contributed by atoms with Crippen LogP contribution in [-0.2, 0) is 17.8 Å². The van der Waals surface area contributed by atoms with Gasteiger partial charge in [0, 0.05) is 25.8 Å². The second-order valence-electron chi connectivity index (χ2n) is 4.05. The van der Waals surface area contributed by atoms with Gasteiger partial charge in [-0.05, 0) is 23.3 Å². The Bertz CT molecular complexity index is 404. The van der Waals surface area contributed by atoms with Crippen LogP contribution in [0.2, 0.25) is 0 Å². The second kappa shape index (κ2) is 4.53. The zero-order valence-corrected chi connectivity index (χ0v) is 9.36. The van der Waals surface area contributed by atoms with Crippen molar-refractivity contribution in [3.8, 4) is 0 Å². The van der Waals surface area contributed by atoms with E-state index in [0.29, 0.717) is 19.5 Å². The number of likely N-dealkylation sites (N-methyl/N-ethyl adjacent to an activating group) is 1. The summed E-state index contributed by atoms with van der Waals surface area (Å²) in [6.07, 6.45) is 0.472. The lowest BCUT2D eigenvalue weighted by molar-refractivity contribution is -0.121. The van der Waals surface area contributed by atoms with E-state index in [1.54, 1.807) is 0 Å². The Kier molecular flexibility index (Phi) is 3.10. The summed E-state index contributed by atoms with van der Waals surface area (Å²) in [6.45, 7) is 1.37. The average molecular weight is 220 g/mol. The van der Waals surface area contributed by atoms with Crippen LogP contribution in [0.25, 0.3) is 0 Å². The van der Waals surface area contributed by atoms with Crippen molar-refractivity contribution in [3.05, 3.63) is 29.3 Å². The third kappa shape index (κ3) is 2.17. The number of nitrogens with one attached hydrogen (secondary N) is 1. The molecule has 0 spiro atoms. The molecule has 2 rings (SSSR count). The molecular weight excluding hydrogens is 204 g/mol. The van der Waals surface area contributed by atoms with E-state index in [2.05, 4.69) is 11.4 Å². The van der Waals surface area contributed by atoms with E-state index in [0.717, 1.165) is 11.3 Å². The molecule has 0 saturated carbocycles. The summed E-state index contributed by atoms with van der Waals surface area (Å²) in [5.74, 6) is 0.0870. The Hall–Kier alpha value is -1.55. The molecule has 1 aromatic rings. The van der Waals surface area contributed by atoms with E-state index in [4.69, 9.17) is 5.11 Å². The molecule has 2 N–H and O–H groups in total. The van der Waals surface area contributed by atoms with E-state index in [1.807, 2.05) is 24.1 Å². The van der Waals surface area contributed by atoms with E-state index < -0.39 is 0 Å². The maximum atomic E-state index is 11.2. The Balaban J connectivity index is 2.22. The van der Waals surface area contributed by atoms with Gasteiger partial charge in [0.25, 0.3) is 0 Å². The van der Waals surface area contributed by atoms with Crippen LogP contribution in [0.1, 0.15) is 11.1 Å². The topological polar surface area (TPSA) is 52.6 Å². The SMILES string of the molecule is CN(CCO)c1ccc2c(c1)CNC(=O)C2. The number of hydrogen-bond acceptors (Lipinski definition) is 3. The predicted molar refractivity (Wildman–Crippen MR) is 62.3 cm³/mol. The molecule has 0 radical (unpaired) electrons. The lowest BCUT2D eigenvalue weighted by Gasteiger charge is -2.22. The number of carbonyl (C=O) groups is 1. The van der Waals surface area contributed by atoms with Gasteiger partial charge in [0.15, 0.2) is 0 Å². The van der Waals surface area contributed by atoms with Gasteiger partial charge in [-0.1, -0.05) is 6.07 Å². The molecule has 86 valence electrons. The van der Waals surface area contributed by atoms with Crippen molar-refractivity contribution in [2.45, 2.75) is 13.0 Å². The summed E-state index contributed by atoms with van der Waals surface area (Å²) >= 11 is 0. The molecule has 4 heteroatoms. The second-order valence-corrected chi connectivity index (χ2v) is 4.05. The normalized spacial score (nSPS) is 14.2. The van der Waals surface area contributed by atoms with Gasteiger partial charge in [0.05, 0.1) is 13.0 Å². The molecule has 0 bridgehead atoms. The number of fused-ring (bicyclic) bond motifs is 1. The van der Waals surface area contributed by atoms with E-state index in [-0.39, 0.29) is 12.5 Å². The lowest BCUT2D eigenvalue weighted by Crippen LogP contribution is -2.30. The van der Waals surface area contributed by atoms with Gasteiger partial charge >= 0.3 is 0 Å². The molecule has 16 heavy (non-hydrogen) atoms. The summed E-state index contributed by atoms with van der Waals surface area (Å²) in [5, 5.41) is 11.7. The third-order valence-electron chi connectivity index (χ3n) is 2.89. The Morgan fingerprint density at radius 2 is 2.25 bits per heavy atom. The van der Waals surface area contributed by atoms with Crippen LogP contribution in [0.15, 0.2) is 18.2 Å². The van der Waals surface area contributed by atoms with Crippen LogP contribution >= 0.6 is 0 Å². The van der Waals surface area contributed by atoms with E-state index in [9.17, 15) is 4.79 Å². The average Bonchev–Trinajstić information content (AvgIpc) is 2.28. The largest absolute Gasteiger partial charge is 0.395 e. The molecule has 1 heterocycles. The van der Waals surface area contributed by atoms with Gasteiger partial charge in [0.2, 0.25) is 5.91 Å². The number of benzene rings is 1. The zero-order chi connectivity index (χ0) is 11.5. The highest BCUT2D eigenvalue weighted by molar-refractivity contribution is 5.81. The summed E-state index contributed by atoms with van der Waals surface area (Å²) < 4.78 is 0. The third-order valence-corrected chi connectivity index (χ3v) is 2.89. The molecule has 0 saturated heterocycles. The molecule has 1 amide bonds. The molecule has 0 fully saturated rings. The zero-order valence-electron chi connectivity index (χ0n) is 9.36. The van der Waals surface area contributed by atoms with Gasteiger partial charge < -0.3 is 15.3 Å². The standard InChI is InChI=1S/C12H16N2O2/c1-14(4-5-15)11-3-2-9-7-12(16)13-8-10(9)6-11/h2-3,6,15H,4-5,7-8H2,1H3,(H,13,16). The molecule has 4 nitrogen and oxygen atoms in total. The summed E-state index contributed by atoms with van der Waals surface area (Å²) in [5.41, 5.74) is 3.34. The van der Waals surface area contributed by atoms with Crippen molar-refractivity contribution >= 4 is 11.6 Å². The van der Waals surface area contributed by atoms with Crippen molar-refractivity contribution in [1.29, 1.82) is 0 Å². The fourth-order valence-electron chi connectivity index (χ4n) is 1.90. The fraction of sp³-hybridized carbons (Fsp3) is 0.417. The van der Waals surface area contributed by atoms with Crippen molar-refractivity contribution in [1.82, 2.24) is 5.32 Å². The van der Waals surface area contributed by atoms with E-state index >= 15 is 0 Å². The number of nitrogens with zero attached hydrogens (tertiary/aromatic N) is 1. The number of anilines is 1. The first kappa shape index (κ1) is 11.0. The summed E-state index contributed by atoms with van der Waals surface area (Å²) in [7, 11) is 1.94. The maximum Gasteiger partial charge on any atom is 0.224 e. The molecule has 0 aromatic heterocycles. The van der Waals surface area contributed by atoms with Gasteiger partial charge in [-0.3, -0.25) is 4.79 Å². The number of hydrogen-bond donors (Lipinski definition) is 2. The van der Waals surface area contributed by atoms with E-state index in [1.165, 1.54) is 5.56 Å². The monoisotopic (exact) mass is 220 g/mol. The van der Waals surface area contributed by atoms with Crippen LogP contribution in [-0.4, -0.2) is 31.2 Å². The molecule has 1 aromatic carbocycles. The highest BCUT2D eigenvalue weighted by Crippen LogP contribution is 2.21. The van der Waals surface area contributed by atoms with Crippen molar-refractivity contribution < 1.29 is 9.90 Å². The maximum absolute atomic E-state index is 11.2. The quantitative estimate of drug-likeness (QED) is 0.769. The minimum absolute atomic E-state index is 0.0870. The van der Waals surface area contributed by atoms with Crippen LogP contribution in [0.5, 0.6) is 0 Å². The first-order chi connectivity index (χ1) is 7.70. The lowest BCUT2D eigenvalue weighted by atomic mass is 10.00. The molecule has 0 atom stereocenters. The minimum atomic E-state index is 0.0870. The first-order valence-corrected chi connectivity index (χ1v) is 5.41. The fourth-order valence-corrected chi connectivity index (χ4v) is 1.90. The summed E-state index contributed by atoms with van der Waals surface area (Å²) in [6, 6.07) is 6.06. The van der Waals surface area contributed by atoms with Crippen LogP contribution < -0.4 is 10.2 Å². The Morgan fingerprint density at radius 3 is 3.00 bits per heavy atom. The van der Waals surface area contributed by atoms with Crippen LogP contribution in [0.3, 0.4) is 0 Å². The van der Waals surface area contributed by atoms with Gasteiger partial charge in [-0.2, -0.15) is 0 Å². The highest BCUT2D eigenvalue weighted by atomic mass is 16.3. The van der Waals surface area contributed by atoms with Crippen molar-refractivity contribution in [2.75, 3.05) is 25.1 Å². The van der Waals surface area contributed by atoms with Gasteiger partial charge in [0.1, 0.15) is 0 Å². The Morgan fingerprint density at radius 1 is 1.44 bits per heavy atom. The van der Waals surface area contributed by atoms with Crippen LogP contribution in [0, 0.1) is 0 Å². The van der Waals surface area contributed by atoms with Crippen molar-refractivity contribution in [2.24, 2.45) is 0 Å². The number of carbonyl (C=O) groups excluding carboxylic acids is 1. The molecule has 0 aliphatic carbocycles. The van der Waals surface area contributed by atoms with Gasteiger partial charge in [-0.25, -0.2) is 0 Å². The van der Waals surface area contributed by atoms with Gasteiger partial charge in [-0.15, -0.1) is 0 Å². The minimum Gasteiger partial charge on any atom is -0.395 e. The molecular formula is C12H16N2O2. The highest BCUT2D eigenvalue weighted by Gasteiger charge is 2.15. The smallest absolute Gasteiger partial charge is 0.224 e. The van der Waals surface area contributed by atoms with Crippen LogP contribution in [0.4, 0.5) is 5.69 Å². The number of aliphatic hydroxyl groups is 1. The number of aliphatic hydroxyl groups excluding tert-OH is 1. The van der Waals surface area contributed by atoms with Crippen molar-refractivity contribution in [3.63, 3.8) is 0 Å². The predicted octanol–water partition coefficient (Wildman–Crippen LogP) is 0.287. The Labute approximate surface area is 94.9 Å². The number of rotatable bonds is 3. The summed E-state index contributed by atoms with van der Waals surface area (Å²) in [4.78, 5) is 13.2. The molecule has 1 aliphatic rings. The first-order valence-electron chi connectivity index (χ1n) is 5.41. The number of amides is 1. The molecule has 1 aliphatic heterocycles.